The van der Waals surface area contributed by atoms with E-state index in [2.05, 4.69) is 15.0 Å². The fourth-order valence-corrected chi connectivity index (χ4v) is 3.06. The zero-order chi connectivity index (χ0) is 14.9. The van der Waals surface area contributed by atoms with E-state index >= 15 is 0 Å². The van der Waals surface area contributed by atoms with Crippen molar-refractivity contribution in [2.75, 3.05) is 5.32 Å². The van der Waals surface area contributed by atoms with Gasteiger partial charge in [0.05, 0.1) is 11.4 Å². The molecule has 6 heteroatoms. The van der Waals surface area contributed by atoms with E-state index < -0.39 is 10.0 Å². The third-order valence-corrected chi connectivity index (χ3v) is 4.60. The van der Waals surface area contributed by atoms with E-state index in [1.54, 1.807) is 24.3 Å². The summed E-state index contributed by atoms with van der Waals surface area (Å²) in [5, 5.41) is 2.99. The SMILES string of the molecule is Cc1ccc(S(=O)(=O)NC2=NCc3ccccc3N2)cc1. The molecule has 0 unspecified atom stereocenters. The lowest BCUT2D eigenvalue weighted by atomic mass is 10.1. The Morgan fingerprint density at radius 1 is 1.10 bits per heavy atom. The van der Waals surface area contributed by atoms with Crippen LogP contribution >= 0.6 is 0 Å². The lowest BCUT2D eigenvalue weighted by molar-refractivity contribution is 0.592. The van der Waals surface area contributed by atoms with Gasteiger partial charge in [-0.05, 0) is 30.7 Å². The summed E-state index contributed by atoms with van der Waals surface area (Å²) in [6, 6.07) is 14.4. The summed E-state index contributed by atoms with van der Waals surface area (Å²) in [5.74, 6) is 0.245. The number of nitrogens with one attached hydrogen (secondary N) is 2. The molecule has 21 heavy (non-hydrogen) atoms. The van der Waals surface area contributed by atoms with E-state index in [1.807, 2.05) is 31.2 Å². The van der Waals surface area contributed by atoms with Crippen LogP contribution in [-0.4, -0.2) is 14.4 Å². The number of fused-ring (bicyclic) bond motifs is 1. The summed E-state index contributed by atoms with van der Waals surface area (Å²) in [6.45, 7) is 2.36. The van der Waals surface area contributed by atoms with Crippen LogP contribution in [0.15, 0.2) is 58.4 Å². The molecule has 1 aliphatic rings. The topological polar surface area (TPSA) is 70.6 Å². The number of aliphatic imine (C=N–C) groups is 1. The van der Waals surface area contributed by atoms with Crippen molar-refractivity contribution in [1.82, 2.24) is 4.72 Å². The summed E-state index contributed by atoms with van der Waals surface area (Å²) < 4.78 is 27.1. The Morgan fingerprint density at radius 3 is 2.57 bits per heavy atom. The molecule has 1 aliphatic heterocycles. The number of rotatable bonds is 2. The maximum atomic E-state index is 12.3. The maximum absolute atomic E-state index is 12.3. The summed E-state index contributed by atoms with van der Waals surface area (Å²) >= 11 is 0. The standard InChI is InChI=1S/C15H15N3O2S/c1-11-6-8-13(9-7-11)21(19,20)18-15-16-10-12-4-2-3-5-14(12)17-15/h2-9H,10H2,1H3,(H2,16,17,18). The van der Waals surface area contributed by atoms with Crippen LogP contribution in [0.1, 0.15) is 11.1 Å². The normalized spacial score (nSPS) is 13.9. The van der Waals surface area contributed by atoms with Crippen molar-refractivity contribution in [3.63, 3.8) is 0 Å². The van der Waals surface area contributed by atoms with Crippen LogP contribution in [0, 0.1) is 6.92 Å². The first-order valence-corrected chi connectivity index (χ1v) is 8.02. The summed E-state index contributed by atoms with van der Waals surface area (Å²) in [4.78, 5) is 4.43. The number of nitrogens with zero attached hydrogens (tertiary/aromatic N) is 1. The van der Waals surface area contributed by atoms with Crippen LogP contribution in [0.2, 0.25) is 0 Å². The van der Waals surface area contributed by atoms with Gasteiger partial charge in [-0.2, -0.15) is 0 Å². The molecule has 5 nitrogen and oxygen atoms in total. The van der Waals surface area contributed by atoms with Crippen molar-refractivity contribution >= 4 is 21.7 Å². The van der Waals surface area contributed by atoms with Gasteiger partial charge in [0, 0.05) is 5.69 Å². The van der Waals surface area contributed by atoms with Gasteiger partial charge in [0.2, 0.25) is 5.96 Å². The first-order valence-electron chi connectivity index (χ1n) is 6.53. The number of anilines is 1. The molecule has 1 heterocycles. The second-order valence-corrected chi connectivity index (χ2v) is 6.55. The van der Waals surface area contributed by atoms with Gasteiger partial charge in [-0.3, -0.25) is 0 Å². The van der Waals surface area contributed by atoms with Gasteiger partial charge >= 0.3 is 0 Å². The zero-order valence-electron chi connectivity index (χ0n) is 11.5. The van der Waals surface area contributed by atoms with Crippen LogP contribution in [0.4, 0.5) is 5.69 Å². The second-order valence-electron chi connectivity index (χ2n) is 4.87. The van der Waals surface area contributed by atoms with Gasteiger partial charge in [0.15, 0.2) is 0 Å². The van der Waals surface area contributed by atoms with Crippen LogP contribution in [0.3, 0.4) is 0 Å². The molecule has 2 N–H and O–H groups in total. The minimum absolute atomic E-state index is 0.219. The van der Waals surface area contributed by atoms with Crippen LogP contribution in [-0.2, 0) is 16.6 Å². The highest BCUT2D eigenvalue weighted by Gasteiger charge is 2.18. The Bertz CT molecular complexity index is 796. The first kappa shape index (κ1) is 13.6. The molecule has 3 rings (SSSR count). The van der Waals surface area contributed by atoms with Crippen molar-refractivity contribution in [3.8, 4) is 0 Å². The number of para-hydroxylation sites is 1. The smallest absolute Gasteiger partial charge is 0.264 e. The van der Waals surface area contributed by atoms with Gasteiger partial charge in [0.1, 0.15) is 0 Å². The zero-order valence-corrected chi connectivity index (χ0v) is 12.3. The number of hydrogen-bond acceptors (Lipinski definition) is 4. The number of sulfonamides is 1. The molecule has 0 fully saturated rings. The van der Waals surface area contributed by atoms with E-state index in [0.29, 0.717) is 6.54 Å². The molecule has 0 saturated heterocycles. The molecule has 2 aromatic rings. The minimum atomic E-state index is -3.62. The number of aryl methyl sites for hydroxylation is 1. The van der Waals surface area contributed by atoms with E-state index in [1.165, 1.54) is 0 Å². The molecule has 0 spiro atoms. The van der Waals surface area contributed by atoms with E-state index in [9.17, 15) is 8.42 Å². The molecule has 0 bridgehead atoms. The average Bonchev–Trinajstić information content (AvgIpc) is 2.47. The molecule has 0 amide bonds. The fourth-order valence-electron chi connectivity index (χ4n) is 2.07. The Kier molecular flexibility index (Phi) is 3.39. The highest BCUT2D eigenvalue weighted by atomic mass is 32.2. The highest BCUT2D eigenvalue weighted by Crippen LogP contribution is 2.19. The van der Waals surface area contributed by atoms with Crippen molar-refractivity contribution in [1.29, 1.82) is 0 Å². The monoisotopic (exact) mass is 301 g/mol. The van der Waals surface area contributed by atoms with Crippen molar-refractivity contribution < 1.29 is 8.42 Å². The average molecular weight is 301 g/mol. The Hall–Kier alpha value is -2.34. The molecule has 0 aromatic heterocycles. The van der Waals surface area contributed by atoms with Crippen LogP contribution in [0.25, 0.3) is 0 Å². The predicted molar refractivity (Wildman–Crippen MR) is 82.7 cm³/mol. The Balaban J connectivity index is 1.81. The highest BCUT2D eigenvalue weighted by molar-refractivity contribution is 7.90. The molecule has 0 atom stereocenters. The fraction of sp³-hybridized carbons (Fsp3) is 0.133. The first-order chi connectivity index (χ1) is 10.0. The molecule has 0 radical (unpaired) electrons. The molecular weight excluding hydrogens is 286 g/mol. The number of hydrogen-bond donors (Lipinski definition) is 2. The third kappa shape index (κ3) is 2.90. The Morgan fingerprint density at radius 2 is 1.81 bits per heavy atom. The van der Waals surface area contributed by atoms with Gasteiger partial charge < -0.3 is 5.32 Å². The molecular formula is C15H15N3O2S. The van der Waals surface area contributed by atoms with E-state index in [0.717, 1.165) is 16.8 Å². The van der Waals surface area contributed by atoms with E-state index in [4.69, 9.17) is 0 Å². The van der Waals surface area contributed by atoms with Crippen LogP contribution < -0.4 is 10.0 Å². The number of benzene rings is 2. The maximum Gasteiger partial charge on any atom is 0.264 e. The molecule has 108 valence electrons. The third-order valence-electron chi connectivity index (χ3n) is 3.24. The van der Waals surface area contributed by atoms with Gasteiger partial charge in [-0.1, -0.05) is 35.9 Å². The van der Waals surface area contributed by atoms with Gasteiger partial charge in [0.25, 0.3) is 10.0 Å². The lowest BCUT2D eigenvalue weighted by Gasteiger charge is -2.19. The van der Waals surface area contributed by atoms with E-state index in [-0.39, 0.29) is 10.9 Å². The quantitative estimate of drug-likeness (QED) is 0.894. The molecule has 0 aliphatic carbocycles. The minimum Gasteiger partial charge on any atom is -0.325 e. The lowest BCUT2D eigenvalue weighted by Crippen LogP contribution is -2.37. The molecule has 2 aromatic carbocycles. The predicted octanol–water partition coefficient (Wildman–Crippen LogP) is 2.26. The van der Waals surface area contributed by atoms with Crippen molar-refractivity contribution in [3.05, 3.63) is 59.7 Å². The summed E-state index contributed by atoms with van der Waals surface area (Å²) in [6.07, 6.45) is 0. The summed E-state index contributed by atoms with van der Waals surface area (Å²) in [7, 11) is -3.62. The number of guanidine groups is 1. The van der Waals surface area contributed by atoms with Gasteiger partial charge in [-0.25, -0.2) is 18.1 Å². The van der Waals surface area contributed by atoms with Crippen LogP contribution in [0.5, 0.6) is 0 Å². The largest absolute Gasteiger partial charge is 0.325 e. The second kappa shape index (κ2) is 5.21. The van der Waals surface area contributed by atoms with Crippen molar-refractivity contribution in [2.45, 2.75) is 18.4 Å². The van der Waals surface area contributed by atoms with Gasteiger partial charge in [-0.15, -0.1) is 0 Å². The summed E-state index contributed by atoms with van der Waals surface area (Å²) in [5.41, 5.74) is 2.92. The molecule has 0 saturated carbocycles. The Labute approximate surface area is 123 Å². The van der Waals surface area contributed by atoms with Crippen molar-refractivity contribution in [2.24, 2.45) is 4.99 Å².